The van der Waals surface area contributed by atoms with Gasteiger partial charge in [-0.1, -0.05) is 60.5 Å². The molecule has 0 saturated heterocycles. The Hall–Kier alpha value is -5.16. The van der Waals surface area contributed by atoms with Crippen molar-refractivity contribution in [1.29, 1.82) is 10.5 Å². The number of benzene rings is 4. The van der Waals surface area contributed by atoms with E-state index in [1.165, 1.54) is 6.08 Å². The molecule has 34 heavy (non-hydrogen) atoms. The van der Waals surface area contributed by atoms with Crippen LogP contribution in [0.3, 0.4) is 0 Å². The van der Waals surface area contributed by atoms with Crippen LogP contribution in [0, 0.1) is 46.3 Å². The summed E-state index contributed by atoms with van der Waals surface area (Å²) in [6.07, 6.45) is 1.25. The van der Waals surface area contributed by atoms with Gasteiger partial charge in [-0.2, -0.15) is 10.5 Å². The molecule has 0 aliphatic heterocycles. The molecule has 0 unspecified atom stereocenters. The summed E-state index contributed by atoms with van der Waals surface area (Å²) in [5.74, 6) is 12.5. The lowest BCUT2D eigenvalue weighted by Gasteiger charge is -2.19. The number of rotatable bonds is 3. The van der Waals surface area contributed by atoms with Gasteiger partial charge < -0.3 is 9.47 Å². The predicted octanol–water partition coefficient (Wildman–Crippen LogP) is 6.01. The van der Waals surface area contributed by atoms with Gasteiger partial charge in [0.1, 0.15) is 29.2 Å². The van der Waals surface area contributed by atoms with E-state index in [-0.39, 0.29) is 5.57 Å². The molecule has 0 radical (unpaired) electrons. The number of ether oxygens (including phenoxy) is 2. The van der Waals surface area contributed by atoms with Gasteiger partial charge >= 0.3 is 0 Å². The van der Waals surface area contributed by atoms with Crippen molar-refractivity contribution in [3.8, 4) is 58.4 Å². The average molecular weight is 438 g/mol. The van der Waals surface area contributed by atoms with Crippen LogP contribution in [0.25, 0.3) is 32.7 Å². The molecule has 160 valence electrons. The van der Waals surface area contributed by atoms with Crippen LogP contribution in [0.1, 0.15) is 5.56 Å². The minimum Gasteiger partial charge on any atom is -0.496 e. The van der Waals surface area contributed by atoms with Gasteiger partial charge in [-0.3, -0.25) is 0 Å². The van der Waals surface area contributed by atoms with Gasteiger partial charge in [-0.05, 0) is 51.4 Å². The minimum atomic E-state index is -0.0667. The molecule has 4 nitrogen and oxygen atoms in total. The third kappa shape index (κ3) is 4.13. The number of nitrogens with zero attached hydrogens (tertiary/aromatic N) is 2. The molecule has 0 aromatic heterocycles. The van der Waals surface area contributed by atoms with E-state index in [4.69, 9.17) is 20.0 Å². The first-order valence-corrected chi connectivity index (χ1v) is 10.4. The first kappa shape index (κ1) is 22.0. The molecule has 0 bridgehead atoms. The number of hydrogen-bond acceptors (Lipinski definition) is 4. The largest absolute Gasteiger partial charge is 0.496 e. The van der Waals surface area contributed by atoms with Crippen LogP contribution in [0.2, 0.25) is 0 Å². The Morgan fingerprint density at radius 2 is 1.44 bits per heavy atom. The monoisotopic (exact) mass is 438 g/mol. The van der Waals surface area contributed by atoms with E-state index < -0.39 is 0 Å². The van der Waals surface area contributed by atoms with Crippen molar-refractivity contribution in [2.75, 3.05) is 14.2 Å². The number of nitriles is 2. The smallest absolute Gasteiger partial charge is 0.143 e. The topological polar surface area (TPSA) is 66.0 Å². The van der Waals surface area contributed by atoms with Crippen LogP contribution in [-0.2, 0) is 0 Å². The molecule has 4 aromatic carbocycles. The molecule has 4 rings (SSSR count). The van der Waals surface area contributed by atoms with E-state index in [2.05, 4.69) is 41.9 Å². The number of allylic oxidation sites excluding steroid dienone is 2. The standard InChI is InChI=1S/C30H18N2O2/c1-33-27-17-16-22-11-6-8-14-25(22)28(27)29-26-15-9-7-12-23(26)18-24(30(29)34-2)13-5-3-4-10-21(19-31)20-32/h6-12,14-18H,1-2H3. The van der Waals surface area contributed by atoms with E-state index in [1.54, 1.807) is 26.4 Å². The summed E-state index contributed by atoms with van der Waals surface area (Å²) in [7, 11) is 3.28. The van der Waals surface area contributed by atoms with E-state index in [9.17, 15) is 0 Å². The van der Waals surface area contributed by atoms with Gasteiger partial charge in [-0.25, -0.2) is 0 Å². The fraction of sp³-hybridized carbons (Fsp3) is 0.0667. The van der Waals surface area contributed by atoms with E-state index in [0.717, 1.165) is 38.4 Å². The first-order valence-electron chi connectivity index (χ1n) is 10.4. The number of hydrogen-bond donors (Lipinski definition) is 0. The molecule has 0 heterocycles. The fourth-order valence-corrected chi connectivity index (χ4v) is 3.89. The third-order valence-electron chi connectivity index (χ3n) is 5.36. The van der Waals surface area contributed by atoms with Crippen LogP contribution in [0.4, 0.5) is 0 Å². The van der Waals surface area contributed by atoms with Gasteiger partial charge in [-0.15, -0.1) is 0 Å². The van der Waals surface area contributed by atoms with Crippen molar-refractivity contribution in [3.05, 3.63) is 83.9 Å². The van der Waals surface area contributed by atoms with Gasteiger partial charge in [0.15, 0.2) is 0 Å². The summed E-state index contributed by atoms with van der Waals surface area (Å²) in [5, 5.41) is 21.8. The molecule has 0 spiro atoms. The summed E-state index contributed by atoms with van der Waals surface area (Å²) in [6.45, 7) is 0. The van der Waals surface area contributed by atoms with Crippen molar-refractivity contribution in [1.82, 2.24) is 0 Å². The highest BCUT2D eigenvalue weighted by atomic mass is 16.5. The average Bonchev–Trinajstić information content (AvgIpc) is 2.89. The maximum atomic E-state index is 8.81. The van der Waals surface area contributed by atoms with E-state index in [0.29, 0.717) is 11.3 Å². The Kier molecular flexibility index (Phi) is 6.47. The Morgan fingerprint density at radius 3 is 2.12 bits per heavy atom. The minimum absolute atomic E-state index is 0.0667. The Balaban J connectivity index is 2.03. The molecule has 0 atom stereocenters. The second-order valence-corrected chi connectivity index (χ2v) is 7.22. The Bertz CT molecular complexity index is 1640. The summed E-state index contributed by atoms with van der Waals surface area (Å²) in [6, 6.07) is 25.7. The molecule has 4 heteroatoms. The summed E-state index contributed by atoms with van der Waals surface area (Å²) in [5.41, 5.74) is 2.43. The molecule has 0 saturated carbocycles. The van der Waals surface area contributed by atoms with Gasteiger partial charge in [0.05, 0.1) is 19.8 Å². The lowest BCUT2D eigenvalue weighted by molar-refractivity contribution is 0.410. The van der Waals surface area contributed by atoms with E-state index in [1.807, 2.05) is 48.5 Å². The SMILES string of the molecule is COc1ccc2ccccc2c1-c1c(OC)c(C#CC#CC=C(C#N)C#N)cc2ccccc12. The predicted molar refractivity (Wildman–Crippen MR) is 134 cm³/mol. The van der Waals surface area contributed by atoms with Crippen molar-refractivity contribution in [3.63, 3.8) is 0 Å². The zero-order valence-electron chi connectivity index (χ0n) is 18.6. The number of methoxy groups -OCH3 is 2. The highest BCUT2D eigenvalue weighted by Gasteiger charge is 2.20. The van der Waals surface area contributed by atoms with Crippen LogP contribution >= 0.6 is 0 Å². The summed E-state index contributed by atoms with van der Waals surface area (Å²) in [4.78, 5) is 0. The Morgan fingerprint density at radius 1 is 0.765 bits per heavy atom. The molecule has 0 fully saturated rings. The van der Waals surface area contributed by atoms with Crippen LogP contribution in [0.15, 0.2) is 78.4 Å². The second kappa shape index (κ2) is 9.97. The second-order valence-electron chi connectivity index (χ2n) is 7.22. The summed E-state index contributed by atoms with van der Waals surface area (Å²) >= 11 is 0. The summed E-state index contributed by atoms with van der Waals surface area (Å²) < 4.78 is 11.7. The Labute approximate surface area is 198 Å². The quantitative estimate of drug-likeness (QED) is 0.290. The van der Waals surface area contributed by atoms with Crippen molar-refractivity contribution in [2.45, 2.75) is 0 Å². The van der Waals surface area contributed by atoms with Crippen LogP contribution in [-0.4, -0.2) is 14.2 Å². The van der Waals surface area contributed by atoms with E-state index >= 15 is 0 Å². The lowest BCUT2D eigenvalue weighted by Crippen LogP contribution is -1.97. The maximum absolute atomic E-state index is 8.81. The van der Waals surface area contributed by atoms with Crippen molar-refractivity contribution >= 4 is 21.5 Å². The first-order chi connectivity index (χ1) is 16.7. The van der Waals surface area contributed by atoms with Gasteiger partial charge in [0, 0.05) is 17.2 Å². The zero-order valence-corrected chi connectivity index (χ0v) is 18.6. The third-order valence-corrected chi connectivity index (χ3v) is 5.36. The fourth-order valence-electron chi connectivity index (χ4n) is 3.89. The highest BCUT2D eigenvalue weighted by molar-refractivity contribution is 6.10. The molecular weight excluding hydrogens is 420 g/mol. The molecular formula is C30H18N2O2. The van der Waals surface area contributed by atoms with Crippen LogP contribution in [0.5, 0.6) is 11.5 Å². The molecule has 0 aliphatic rings. The molecule has 0 amide bonds. The normalized spacial score (nSPS) is 9.53. The number of fused-ring (bicyclic) bond motifs is 2. The molecule has 0 N–H and O–H groups in total. The van der Waals surface area contributed by atoms with Gasteiger partial charge in [0.2, 0.25) is 0 Å². The molecule has 0 aliphatic carbocycles. The van der Waals surface area contributed by atoms with Crippen molar-refractivity contribution < 1.29 is 9.47 Å². The zero-order chi connectivity index (χ0) is 23.9. The van der Waals surface area contributed by atoms with Gasteiger partial charge in [0.25, 0.3) is 0 Å². The van der Waals surface area contributed by atoms with Crippen LogP contribution < -0.4 is 9.47 Å². The van der Waals surface area contributed by atoms with Crippen molar-refractivity contribution in [2.24, 2.45) is 0 Å². The maximum Gasteiger partial charge on any atom is 0.143 e. The highest BCUT2D eigenvalue weighted by Crippen LogP contribution is 2.46. The lowest BCUT2D eigenvalue weighted by atomic mass is 9.90. The molecule has 4 aromatic rings.